The maximum atomic E-state index is 12.0. The van der Waals surface area contributed by atoms with Gasteiger partial charge in [-0.3, -0.25) is 14.5 Å². The Morgan fingerprint density at radius 3 is 2.95 bits per heavy atom. The van der Waals surface area contributed by atoms with Crippen LogP contribution in [-0.4, -0.2) is 27.2 Å². The number of nitrogens with one attached hydrogen (secondary N) is 2. The molecule has 1 aromatic heterocycles. The molecule has 0 spiro atoms. The number of nitrogens with zero attached hydrogens (tertiary/aromatic N) is 2. The second kappa shape index (κ2) is 8.32. The van der Waals surface area contributed by atoms with Crippen LogP contribution in [-0.2, 0) is 17.8 Å². The molecule has 2 N–H and O–H groups in total. The Hall–Kier alpha value is -1.17. The molecule has 2 rings (SSSR count). The zero-order chi connectivity index (χ0) is 15.1. The molecule has 118 valence electrons. The monoisotopic (exact) mass is 310 g/mol. The second-order valence-electron chi connectivity index (χ2n) is 5.92. The minimum Gasteiger partial charge on any atom is -0.355 e. The summed E-state index contributed by atoms with van der Waals surface area (Å²) in [5.41, 5.74) is 0. The van der Waals surface area contributed by atoms with Crippen molar-refractivity contribution in [1.29, 1.82) is 0 Å². The maximum Gasteiger partial charge on any atom is 0.240 e. The van der Waals surface area contributed by atoms with Crippen molar-refractivity contribution < 1.29 is 4.79 Å². The highest BCUT2D eigenvalue weighted by Crippen LogP contribution is 2.28. The van der Waals surface area contributed by atoms with Crippen molar-refractivity contribution in [3.05, 3.63) is 10.6 Å². The maximum absolute atomic E-state index is 12.0. The molecule has 0 atom stereocenters. The predicted molar refractivity (Wildman–Crippen MR) is 85.6 cm³/mol. The average Bonchev–Trinajstić information content (AvgIpc) is 3.09. The lowest BCUT2D eigenvalue weighted by molar-refractivity contribution is -0.121. The highest BCUT2D eigenvalue weighted by Gasteiger charge is 2.14. The lowest BCUT2D eigenvalue weighted by Crippen LogP contribution is -2.29. The van der Waals surface area contributed by atoms with E-state index in [2.05, 4.69) is 22.4 Å². The van der Waals surface area contributed by atoms with Crippen molar-refractivity contribution in [2.45, 2.75) is 64.8 Å². The summed E-state index contributed by atoms with van der Waals surface area (Å²) in [4.78, 5) is 12.0. The van der Waals surface area contributed by atoms with E-state index in [0.717, 1.165) is 37.5 Å². The van der Waals surface area contributed by atoms with Crippen LogP contribution in [0.3, 0.4) is 0 Å². The first-order valence-electron chi connectivity index (χ1n) is 8.11. The fourth-order valence-corrected chi connectivity index (χ4v) is 3.26. The summed E-state index contributed by atoms with van der Waals surface area (Å²) in [5.74, 6) is 1.78. The number of carbonyl (C=O) groups excluding carboxylic acids is 1. The Kier molecular flexibility index (Phi) is 6.42. The highest BCUT2D eigenvalue weighted by molar-refractivity contribution is 7.71. The number of carbonyl (C=O) groups is 1. The first-order valence-corrected chi connectivity index (χ1v) is 8.52. The number of aryl methyl sites for hydroxylation is 1. The molecule has 1 amide bonds. The molecule has 1 heterocycles. The summed E-state index contributed by atoms with van der Waals surface area (Å²) in [7, 11) is 0. The molecule has 0 saturated heterocycles. The van der Waals surface area contributed by atoms with E-state index in [4.69, 9.17) is 12.2 Å². The Morgan fingerprint density at radius 1 is 1.48 bits per heavy atom. The summed E-state index contributed by atoms with van der Waals surface area (Å²) in [6.45, 7) is 3.13. The van der Waals surface area contributed by atoms with E-state index in [1.54, 1.807) is 4.57 Å². The predicted octanol–water partition coefficient (Wildman–Crippen LogP) is 2.98. The molecule has 1 aromatic rings. The third-order valence-electron chi connectivity index (χ3n) is 4.20. The van der Waals surface area contributed by atoms with Gasteiger partial charge in [-0.15, -0.1) is 0 Å². The van der Waals surface area contributed by atoms with E-state index in [1.807, 2.05) is 0 Å². The molecule has 21 heavy (non-hydrogen) atoms. The van der Waals surface area contributed by atoms with E-state index in [-0.39, 0.29) is 12.5 Å². The van der Waals surface area contributed by atoms with E-state index < -0.39 is 0 Å². The van der Waals surface area contributed by atoms with Crippen LogP contribution in [0.2, 0.25) is 0 Å². The standard InChI is InChI=1S/C15H26N4OS/c1-2-6-13-17-18-15(21)19(13)11-14(20)16-10-5-9-12-7-3-4-8-12/h12H,2-11H2,1H3,(H,16,20)(H,18,21). The van der Waals surface area contributed by atoms with Crippen LogP contribution >= 0.6 is 12.2 Å². The minimum atomic E-state index is 0.0243. The SMILES string of the molecule is CCCc1n[nH]c(=S)n1CC(=O)NCCCC1CCCC1. The lowest BCUT2D eigenvalue weighted by atomic mass is 10.0. The molecule has 0 bridgehead atoms. The summed E-state index contributed by atoms with van der Waals surface area (Å²) < 4.78 is 2.32. The van der Waals surface area contributed by atoms with Gasteiger partial charge in [0.15, 0.2) is 4.77 Å². The van der Waals surface area contributed by atoms with Crippen LogP contribution in [0.25, 0.3) is 0 Å². The van der Waals surface area contributed by atoms with Gasteiger partial charge in [0.2, 0.25) is 5.91 Å². The topological polar surface area (TPSA) is 62.7 Å². The molecular weight excluding hydrogens is 284 g/mol. The summed E-state index contributed by atoms with van der Waals surface area (Å²) in [6.07, 6.45) is 9.66. The van der Waals surface area contributed by atoms with Crippen molar-refractivity contribution in [3.63, 3.8) is 0 Å². The molecule has 0 aliphatic heterocycles. The van der Waals surface area contributed by atoms with Gasteiger partial charge in [-0.1, -0.05) is 32.6 Å². The number of aromatic nitrogens is 3. The lowest BCUT2D eigenvalue weighted by Gasteiger charge is -2.10. The Bertz CT molecular complexity index is 502. The number of amides is 1. The zero-order valence-electron chi connectivity index (χ0n) is 12.9. The van der Waals surface area contributed by atoms with Crippen LogP contribution in [0.15, 0.2) is 0 Å². The van der Waals surface area contributed by atoms with Crippen molar-refractivity contribution in [1.82, 2.24) is 20.1 Å². The van der Waals surface area contributed by atoms with Crippen molar-refractivity contribution in [2.24, 2.45) is 5.92 Å². The average molecular weight is 310 g/mol. The Morgan fingerprint density at radius 2 is 2.24 bits per heavy atom. The molecule has 6 heteroatoms. The van der Waals surface area contributed by atoms with Gasteiger partial charge in [0.25, 0.3) is 0 Å². The van der Waals surface area contributed by atoms with Crippen LogP contribution in [0, 0.1) is 10.7 Å². The quantitative estimate of drug-likeness (QED) is 0.573. The molecule has 1 aliphatic carbocycles. The molecule has 0 aromatic carbocycles. The normalized spacial score (nSPS) is 15.5. The molecule has 5 nitrogen and oxygen atoms in total. The Balaban J connectivity index is 1.71. The van der Waals surface area contributed by atoms with E-state index in [9.17, 15) is 4.79 Å². The molecule has 0 radical (unpaired) electrons. The van der Waals surface area contributed by atoms with Crippen LogP contribution in [0.4, 0.5) is 0 Å². The molecule has 1 aliphatic rings. The van der Waals surface area contributed by atoms with E-state index in [1.165, 1.54) is 32.1 Å². The van der Waals surface area contributed by atoms with Gasteiger partial charge in [-0.05, 0) is 37.4 Å². The van der Waals surface area contributed by atoms with Crippen LogP contribution < -0.4 is 5.32 Å². The molecule has 1 saturated carbocycles. The molecule has 0 unspecified atom stereocenters. The van der Waals surface area contributed by atoms with Crippen molar-refractivity contribution in [3.8, 4) is 0 Å². The third-order valence-corrected chi connectivity index (χ3v) is 4.51. The van der Waals surface area contributed by atoms with Gasteiger partial charge in [-0.2, -0.15) is 5.10 Å². The van der Waals surface area contributed by atoms with Gasteiger partial charge in [-0.25, -0.2) is 0 Å². The fraction of sp³-hybridized carbons (Fsp3) is 0.800. The van der Waals surface area contributed by atoms with Crippen LogP contribution in [0.1, 0.15) is 57.7 Å². The van der Waals surface area contributed by atoms with Gasteiger partial charge in [0, 0.05) is 13.0 Å². The van der Waals surface area contributed by atoms with Gasteiger partial charge in [0.1, 0.15) is 12.4 Å². The fourth-order valence-electron chi connectivity index (χ4n) is 3.04. The molecular formula is C15H26N4OS. The largest absolute Gasteiger partial charge is 0.355 e. The number of hydrogen-bond acceptors (Lipinski definition) is 3. The van der Waals surface area contributed by atoms with Gasteiger partial charge < -0.3 is 5.32 Å². The van der Waals surface area contributed by atoms with Gasteiger partial charge >= 0.3 is 0 Å². The van der Waals surface area contributed by atoms with E-state index >= 15 is 0 Å². The summed E-state index contributed by atoms with van der Waals surface area (Å²) >= 11 is 5.18. The number of H-pyrrole nitrogens is 1. The van der Waals surface area contributed by atoms with Gasteiger partial charge in [0.05, 0.1) is 0 Å². The first kappa shape index (κ1) is 16.2. The van der Waals surface area contributed by atoms with E-state index in [0.29, 0.717) is 4.77 Å². The summed E-state index contributed by atoms with van der Waals surface area (Å²) in [5, 5.41) is 9.93. The zero-order valence-corrected chi connectivity index (χ0v) is 13.7. The highest BCUT2D eigenvalue weighted by atomic mass is 32.1. The first-order chi connectivity index (χ1) is 10.2. The third kappa shape index (κ3) is 4.95. The number of hydrogen-bond donors (Lipinski definition) is 2. The number of rotatable bonds is 8. The van der Waals surface area contributed by atoms with Crippen molar-refractivity contribution in [2.75, 3.05) is 6.54 Å². The minimum absolute atomic E-state index is 0.0243. The smallest absolute Gasteiger partial charge is 0.240 e. The van der Waals surface area contributed by atoms with Crippen molar-refractivity contribution >= 4 is 18.1 Å². The molecule has 1 fully saturated rings. The number of aromatic amines is 1. The Labute approximate surface area is 131 Å². The second-order valence-corrected chi connectivity index (χ2v) is 6.31. The summed E-state index contributed by atoms with van der Waals surface area (Å²) in [6, 6.07) is 0. The van der Waals surface area contributed by atoms with Crippen LogP contribution in [0.5, 0.6) is 0 Å².